The molecule has 2 amide bonds. The number of benzene rings is 2. The summed E-state index contributed by atoms with van der Waals surface area (Å²) in [5.74, 6) is -4.82. The maximum atomic E-state index is 14.4. The monoisotopic (exact) mass is 415 g/mol. The van der Waals surface area contributed by atoms with Gasteiger partial charge in [0, 0.05) is 17.9 Å². The Labute approximate surface area is 171 Å². The van der Waals surface area contributed by atoms with Crippen molar-refractivity contribution in [2.45, 2.75) is 44.2 Å². The van der Waals surface area contributed by atoms with E-state index in [-0.39, 0.29) is 24.0 Å². The van der Waals surface area contributed by atoms with Crippen LogP contribution in [0.25, 0.3) is 0 Å². The number of carbonyl (C=O) groups excluding carboxylic acids is 2. The van der Waals surface area contributed by atoms with Crippen LogP contribution in [-0.2, 0) is 16.0 Å². The van der Waals surface area contributed by atoms with Crippen molar-refractivity contribution in [1.82, 2.24) is 10.6 Å². The summed E-state index contributed by atoms with van der Waals surface area (Å²) >= 11 is 0. The first kappa shape index (κ1) is 21.4. The number of piperazine rings is 1. The van der Waals surface area contributed by atoms with Crippen LogP contribution in [0.5, 0.6) is 0 Å². The Kier molecular flexibility index (Phi) is 5.83. The van der Waals surface area contributed by atoms with E-state index in [2.05, 4.69) is 10.6 Å². The molecule has 30 heavy (non-hydrogen) atoms. The number of rotatable bonds is 5. The van der Waals surface area contributed by atoms with E-state index in [9.17, 15) is 28.0 Å². The highest BCUT2D eigenvalue weighted by Gasteiger charge is 2.47. The van der Waals surface area contributed by atoms with Gasteiger partial charge in [-0.3, -0.25) is 9.59 Å². The van der Waals surface area contributed by atoms with Crippen molar-refractivity contribution in [1.29, 1.82) is 5.26 Å². The molecule has 1 saturated heterocycles. The van der Waals surface area contributed by atoms with Gasteiger partial charge in [-0.1, -0.05) is 26.0 Å². The van der Waals surface area contributed by atoms with Crippen molar-refractivity contribution >= 4 is 11.8 Å². The summed E-state index contributed by atoms with van der Waals surface area (Å²) in [6.07, 6.45) is 0.404. The first-order valence-electron chi connectivity index (χ1n) is 9.48. The highest BCUT2D eigenvalue weighted by Crippen LogP contribution is 2.31. The van der Waals surface area contributed by atoms with Gasteiger partial charge in [0.25, 0.3) is 0 Å². The van der Waals surface area contributed by atoms with Gasteiger partial charge in [0.05, 0.1) is 11.6 Å². The third-order valence-electron chi connectivity index (χ3n) is 5.60. The van der Waals surface area contributed by atoms with Crippen LogP contribution < -0.4 is 10.6 Å². The second kappa shape index (κ2) is 8.19. The van der Waals surface area contributed by atoms with Crippen LogP contribution in [0.15, 0.2) is 36.4 Å². The van der Waals surface area contributed by atoms with E-state index in [0.717, 1.165) is 12.1 Å². The lowest BCUT2D eigenvalue weighted by molar-refractivity contribution is -0.142. The lowest BCUT2D eigenvalue weighted by Crippen LogP contribution is -2.70. The molecule has 2 aromatic rings. The number of nitrogens with zero attached hydrogens (tertiary/aromatic N) is 1. The number of hydrogen-bond donors (Lipinski definition) is 2. The fraction of sp³-hybridized carbons (Fsp3) is 0.318. The number of halogens is 3. The van der Waals surface area contributed by atoms with Crippen molar-refractivity contribution in [2.75, 3.05) is 0 Å². The average Bonchev–Trinajstić information content (AvgIpc) is 2.73. The summed E-state index contributed by atoms with van der Waals surface area (Å²) in [4.78, 5) is 25.9. The lowest BCUT2D eigenvalue weighted by Gasteiger charge is -2.41. The highest BCUT2D eigenvalue weighted by atomic mass is 19.2. The fourth-order valence-electron chi connectivity index (χ4n) is 3.79. The topological polar surface area (TPSA) is 82.0 Å². The van der Waals surface area contributed by atoms with E-state index in [1.807, 2.05) is 0 Å². The molecule has 156 valence electrons. The SMILES string of the molecule is CCC1(Cc2ccc(F)cc2)NC(=O)C(C(C)c2c(C#N)ccc(F)c2F)NC1=O. The van der Waals surface area contributed by atoms with Gasteiger partial charge in [0.2, 0.25) is 11.8 Å². The molecule has 8 heteroatoms. The number of hydrogen-bond acceptors (Lipinski definition) is 3. The van der Waals surface area contributed by atoms with Crippen molar-refractivity contribution in [3.8, 4) is 6.07 Å². The molecule has 3 rings (SSSR count). The Morgan fingerprint density at radius 1 is 1.13 bits per heavy atom. The van der Waals surface area contributed by atoms with Crippen LogP contribution in [0, 0.1) is 28.8 Å². The van der Waals surface area contributed by atoms with Gasteiger partial charge in [0.15, 0.2) is 11.6 Å². The van der Waals surface area contributed by atoms with E-state index < -0.39 is 46.8 Å². The van der Waals surface area contributed by atoms with E-state index >= 15 is 0 Å². The Morgan fingerprint density at radius 2 is 1.80 bits per heavy atom. The predicted molar refractivity (Wildman–Crippen MR) is 103 cm³/mol. The zero-order valence-electron chi connectivity index (χ0n) is 16.4. The van der Waals surface area contributed by atoms with Gasteiger partial charge in [-0.25, -0.2) is 13.2 Å². The molecule has 1 aliphatic rings. The number of nitrogens with one attached hydrogen (secondary N) is 2. The summed E-state index contributed by atoms with van der Waals surface area (Å²) < 4.78 is 41.3. The third kappa shape index (κ3) is 3.75. The zero-order valence-corrected chi connectivity index (χ0v) is 16.4. The van der Waals surface area contributed by atoms with Crippen LogP contribution in [0.2, 0.25) is 0 Å². The van der Waals surface area contributed by atoms with Crippen molar-refractivity contribution < 1.29 is 22.8 Å². The molecular formula is C22H20F3N3O2. The zero-order chi connectivity index (χ0) is 22.1. The summed E-state index contributed by atoms with van der Waals surface area (Å²) in [5.41, 5.74) is -0.977. The molecule has 3 atom stereocenters. The molecule has 0 spiro atoms. The highest BCUT2D eigenvalue weighted by molar-refractivity contribution is 6.00. The fourth-order valence-corrected chi connectivity index (χ4v) is 3.79. The van der Waals surface area contributed by atoms with Gasteiger partial charge in [-0.2, -0.15) is 5.26 Å². The predicted octanol–water partition coefficient (Wildman–Crippen LogP) is 3.09. The molecule has 2 aromatic carbocycles. The Hall–Kier alpha value is -3.34. The maximum absolute atomic E-state index is 14.4. The van der Waals surface area contributed by atoms with E-state index in [0.29, 0.717) is 5.56 Å². The van der Waals surface area contributed by atoms with Gasteiger partial charge >= 0.3 is 0 Å². The van der Waals surface area contributed by atoms with Gasteiger partial charge in [0.1, 0.15) is 17.4 Å². The van der Waals surface area contributed by atoms with Gasteiger partial charge in [-0.15, -0.1) is 0 Å². The van der Waals surface area contributed by atoms with E-state index in [1.54, 1.807) is 13.0 Å². The molecule has 1 fully saturated rings. The third-order valence-corrected chi connectivity index (χ3v) is 5.60. The van der Waals surface area contributed by atoms with Gasteiger partial charge in [-0.05, 0) is 36.2 Å². The molecule has 0 aromatic heterocycles. The first-order chi connectivity index (χ1) is 14.2. The largest absolute Gasteiger partial charge is 0.342 e. The Balaban J connectivity index is 1.90. The molecule has 0 radical (unpaired) electrons. The van der Waals surface area contributed by atoms with Crippen LogP contribution in [0.4, 0.5) is 13.2 Å². The lowest BCUT2D eigenvalue weighted by atomic mass is 9.81. The van der Waals surface area contributed by atoms with Crippen molar-refractivity contribution in [3.63, 3.8) is 0 Å². The second-order valence-corrected chi connectivity index (χ2v) is 7.40. The van der Waals surface area contributed by atoms with Crippen molar-refractivity contribution in [3.05, 3.63) is 70.5 Å². The number of nitriles is 1. The van der Waals surface area contributed by atoms with Crippen LogP contribution in [0.3, 0.4) is 0 Å². The summed E-state index contributed by atoms with van der Waals surface area (Å²) in [7, 11) is 0. The Bertz CT molecular complexity index is 1030. The molecule has 0 aliphatic carbocycles. The standard InChI is InChI=1S/C22H20F3N3O2/c1-3-22(10-13-4-7-15(23)8-5-13)21(30)27-19(20(29)28-22)12(2)17-14(11-26)6-9-16(24)18(17)25/h4-9,12,19H,3,10H2,1-2H3,(H,27,30)(H,28,29). The minimum atomic E-state index is -1.26. The second-order valence-electron chi connectivity index (χ2n) is 7.40. The van der Waals surface area contributed by atoms with E-state index in [4.69, 9.17) is 0 Å². The van der Waals surface area contributed by atoms with Crippen LogP contribution >= 0.6 is 0 Å². The van der Waals surface area contributed by atoms with Crippen LogP contribution in [-0.4, -0.2) is 23.4 Å². The van der Waals surface area contributed by atoms with Gasteiger partial charge < -0.3 is 10.6 Å². The quantitative estimate of drug-likeness (QED) is 0.788. The number of amides is 2. The average molecular weight is 415 g/mol. The molecule has 3 unspecified atom stereocenters. The summed E-state index contributed by atoms with van der Waals surface area (Å²) in [5, 5.41) is 14.6. The maximum Gasteiger partial charge on any atom is 0.246 e. The van der Waals surface area contributed by atoms with Crippen LogP contribution in [0.1, 0.15) is 42.9 Å². The molecule has 1 aliphatic heterocycles. The molecule has 0 saturated carbocycles. The van der Waals surface area contributed by atoms with Crippen molar-refractivity contribution in [2.24, 2.45) is 0 Å². The molecule has 1 heterocycles. The molecular weight excluding hydrogens is 395 g/mol. The van der Waals surface area contributed by atoms with E-state index in [1.165, 1.54) is 31.2 Å². The number of carbonyl (C=O) groups is 2. The molecule has 2 N–H and O–H groups in total. The molecule has 5 nitrogen and oxygen atoms in total. The Morgan fingerprint density at radius 3 is 2.40 bits per heavy atom. The summed E-state index contributed by atoms with van der Waals surface area (Å²) in [6, 6.07) is 8.18. The smallest absolute Gasteiger partial charge is 0.246 e. The minimum Gasteiger partial charge on any atom is -0.342 e. The summed E-state index contributed by atoms with van der Waals surface area (Å²) in [6.45, 7) is 3.18. The first-order valence-corrected chi connectivity index (χ1v) is 9.48. The molecule has 0 bridgehead atoms. The normalized spacial score (nSPS) is 22.1. The minimum absolute atomic E-state index is 0.109.